The Kier molecular flexibility index (Phi) is 9.90. The van der Waals surface area contributed by atoms with Crippen molar-refractivity contribution in [1.29, 1.82) is 0 Å². The van der Waals surface area contributed by atoms with Crippen LogP contribution in [0.5, 0.6) is 0 Å². The molecule has 0 fully saturated rings. The molecule has 2 N–H and O–H groups in total. The summed E-state index contributed by atoms with van der Waals surface area (Å²) in [5.74, 6) is -0.438. The maximum absolute atomic E-state index is 11.3. The molecule has 100 valence electrons. The van der Waals surface area contributed by atoms with E-state index in [2.05, 4.69) is 25.3 Å². The van der Waals surface area contributed by atoms with Gasteiger partial charge in [-0.05, 0) is 6.42 Å². The minimum absolute atomic E-state index is 0.0180. The van der Waals surface area contributed by atoms with E-state index >= 15 is 0 Å². The molecule has 8 heteroatoms. The molecule has 17 heavy (non-hydrogen) atoms. The lowest BCUT2D eigenvalue weighted by atomic mass is 10.2. The average Bonchev–Trinajstić information content (AvgIpc) is 2.28. The van der Waals surface area contributed by atoms with E-state index in [-0.39, 0.29) is 19.6 Å². The number of hydrogen-bond acceptors (Lipinski definition) is 7. The van der Waals surface area contributed by atoms with Crippen LogP contribution in [0.1, 0.15) is 6.42 Å². The zero-order valence-corrected chi connectivity index (χ0v) is 11.7. The molecule has 5 nitrogen and oxygen atoms in total. The van der Waals surface area contributed by atoms with Crippen molar-refractivity contribution >= 4 is 49.0 Å². The monoisotopic (exact) mass is 300 g/mol. The smallest absolute Gasteiger partial charge is 0.318 e. The fraction of sp³-hybridized carbons (Fsp3) is 0.778. The van der Waals surface area contributed by atoms with Gasteiger partial charge >= 0.3 is 11.9 Å². The molecule has 0 aliphatic heterocycles. The largest absolute Gasteiger partial charge is 0.480 e. The number of thiol groups is 2. The minimum atomic E-state index is -1.08. The topological polar surface area (TPSA) is 83.8 Å². The van der Waals surface area contributed by atoms with Crippen LogP contribution in [0.15, 0.2) is 0 Å². The molecular weight excluding hydrogens is 284 g/mol. The summed E-state index contributed by atoms with van der Waals surface area (Å²) in [5, 5.41) is 15.4. The maximum atomic E-state index is 11.3. The number of carbonyl (C=O) groups excluding carboxylic acids is 1. The van der Waals surface area contributed by atoms with Crippen LogP contribution in [0.3, 0.4) is 0 Å². The van der Waals surface area contributed by atoms with Crippen LogP contribution < -0.4 is 0 Å². The van der Waals surface area contributed by atoms with E-state index < -0.39 is 22.4 Å². The van der Waals surface area contributed by atoms with E-state index in [9.17, 15) is 9.59 Å². The molecular formula is C9H16O5S3. The number of hydrogen-bond donors (Lipinski definition) is 4. The number of thioether (sulfide) groups is 1. The van der Waals surface area contributed by atoms with Crippen molar-refractivity contribution < 1.29 is 24.5 Å². The first-order chi connectivity index (χ1) is 7.99. The Hall–Kier alpha value is -0.0500. The molecule has 0 heterocycles. The van der Waals surface area contributed by atoms with E-state index in [4.69, 9.17) is 14.9 Å². The van der Waals surface area contributed by atoms with E-state index in [0.29, 0.717) is 11.5 Å². The molecule has 0 bridgehead atoms. The predicted molar refractivity (Wildman–Crippen MR) is 73.2 cm³/mol. The number of esters is 1. The highest BCUT2D eigenvalue weighted by Gasteiger charge is 2.22. The molecule has 2 atom stereocenters. The number of ether oxygens (including phenoxy) is 1. The Labute approximate surface area is 115 Å². The van der Waals surface area contributed by atoms with Crippen molar-refractivity contribution in [3.8, 4) is 0 Å². The van der Waals surface area contributed by atoms with Crippen LogP contribution in [-0.4, -0.2) is 57.4 Å². The summed E-state index contributed by atoms with van der Waals surface area (Å²) in [6.07, 6.45) is 0.0180. The molecule has 0 saturated carbocycles. The number of carbonyl (C=O) groups is 2. The van der Waals surface area contributed by atoms with E-state index in [0.717, 1.165) is 0 Å². The van der Waals surface area contributed by atoms with Gasteiger partial charge in [-0.1, -0.05) is 0 Å². The van der Waals surface area contributed by atoms with Crippen LogP contribution in [0, 0.1) is 0 Å². The molecule has 0 aromatic heterocycles. The zero-order chi connectivity index (χ0) is 13.3. The first-order valence-corrected chi connectivity index (χ1v) is 7.12. The Morgan fingerprint density at radius 1 is 1.24 bits per heavy atom. The Morgan fingerprint density at radius 3 is 2.41 bits per heavy atom. The molecule has 0 aliphatic carbocycles. The van der Waals surface area contributed by atoms with Crippen molar-refractivity contribution in [3.05, 3.63) is 0 Å². The van der Waals surface area contributed by atoms with Gasteiger partial charge in [0.15, 0.2) is 0 Å². The number of aliphatic carboxylic acids is 1. The minimum Gasteiger partial charge on any atom is -0.480 e. The molecule has 0 aromatic rings. The van der Waals surface area contributed by atoms with Gasteiger partial charge in [0.1, 0.15) is 17.1 Å². The third-order valence-corrected chi connectivity index (χ3v) is 3.49. The van der Waals surface area contributed by atoms with Crippen LogP contribution in [0.25, 0.3) is 0 Å². The van der Waals surface area contributed by atoms with Crippen LogP contribution >= 0.6 is 37.0 Å². The number of rotatable bonds is 9. The van der Waals surface area contributed by atoms with Crippen LogP contribution in [0.2, 0.25) is 0 Å². The lowest BCUT2D eigenvalue weighted by molar-refractivity contribution is -0.142. The van der Waals surface area contributed by atoms with Crippen molar-refractivity contribution in [3.63, 3.8) is 0 Å². The lowest BCUT2D eigenvalue weighted by Crippen LogP contribution is -2.26. The van der Waals surface area contributed by atoms with Gasteiger partial charge in [-0.3, -0.25) is 9.59 Å². The van der Waals surface area contributed by atoms with Gasteiger partial charge in [-0.2, -0.15) is 37.0 Å². The number of aliphatic hydroxyl groups excluding tert-OH is 1. The van der Waals surface area contributed by atoms with Crippen LogP contribution in [-0.2, 0) is 14.3 Å². The van der Waals surface area contributed by atoms with Gasteiger partial charge in [0.05, 0.1) is 6.61 Å². The first-order valence-electron chi connectivity index (χ1n) is 4.93. The second-order valence-electron chi connectivity index (χ2n) is 3.11. The van der Waals surface area contributed by atoms with Crippen molar-refractivity contribution in [2.24, 2.45) is 0 Å². The Morgan fingerprint density at radius 2 is 1.88 bits per heavy atom. The normalized spacial score (nSPS) is 14.1. The van der Waals surface area contributed by atoms with Gasteiger partial charge in [-0.15, -0.1) is 0 Å². The Bertz CT molecular complexity index is 249. The van der Waals surface area contributed by atoms with Gasteiger partial charge in [0.25, 0.3) is 0 Å². The fourth-order valence-corrected chi connectivity index (χ4v) is 2.07. The molecule has 0 amide bonds. The van der Waals surface area contributed by atoms with E-state index in [1.807, 2.05) is 0 Å². The molecule has 0 aromatic carbocycles. The zero-order valence-electron chi connectivity index (χ0n) is 9.11. The number of carboxylic acid groups (broad SMARTS) is 1. The second-order valence-corrected chi connectivity index (χ2v) is 5.58. The van der Waals surface area contributed by atoms with Crippen molar-refractivity contribution in [2.45, 2.75) is 16.9 Å². The fourth-order valence-electron chi connectivity index (χ4n) is 0.873. The molecule has 0 saturated heterocycles. The summed E-state index contributed by atoms with van der Waals surface area (Å²) < 4.78 is 4.89. The first kappa shape index (κ1) is 16.9. The highest BCUT2D eigenvalue weighted by Crippen LogP contribution is 2.12. The van der Waals surface area contributed by atoms with E-state index in [1.54, 1.807) is 0 Å². The average molecular weight is 300 g/mol. The predicted octanol–water partition coefficient (Wildman–Crippen LogP) is 0.327. The SMILES string of the molecule is O=C(O)C(S)CC(S)C(=O)OCCSCCO. The van der Waals surface area contributed by atoms with Crippen LogP contribution in [0.4, 0.5) is 0 Å². The highest BCUT2D eigenvalue weighted by molar-refractivity contribution is 7.99. The summed E-state index contributed by atoms with van der Waals surface area (Å²) in [4.78, 5) is 21.8. The third-order valence-electron chi connectivity index (χ3n) is 1.71. The van der Waals surface area contributed by atoms with Gasteiger partial charge in [0, 0.05) is 11.5 Å². The summed E-state index contributed by atoms with van der Waals surface area (Å²) in [6, 6.07) is 0. The number of carboxylic acids is 1. The molecule has 0 rings (SSSR count). The molecule has 2 unspecified atom stereocenters. The third kappa shape index (κ3) is 8.64. The quantitative estimate of drug-likeness (QED) is 0.279. The van der Waals surface area contributed by atoms with Crippen molar-refractivity contribution in [1.82, 2.24) is 0 Å². The molecule has 0 spiro atoms. The highest BCUT2D eigenvalue weighted by atomic mass is 32.2. The molecule has 0 aliphatic rings. The Balaban J connectivity index is 3.71. The van der Waals surface area contributed by atoms with Gasteiger partial charge in [0.2, 0.25) is 0 Å². The van der Waals surface area contributed by atoms with E-state index in [1.165, 1.54) is 11.8 Å². The molecule has 0 radical (unpaired) electrons. The summed E-state index contributed by atoms with van der Waals surface area (Å²) in [5.41, 5.74) is 0. The number of aliphatic hydroxyl groups is 1. The van der Waals surface area contributed by atoms with Gasteiger partial charge < -0.3 is 14.9 Å². The summed E-state index contributed by atoms with van der Waals surface area (Å²) in [7, 11) is 0. The standard InChI is InChI=1S/C9H16O5S3/c10-1-3-17-4-2-14-9(13)7(16)5-6(15)8(11)12/h6-7,10,15-16H,1-5H2,(H,11,12). The summed E-state index contributed by atoms with van der Waals surface area (Å²) in [6.45, 7) is 0.318. The van der Waals surface area contributed by atoms with Crippen molar-refractivity contribution in [2.75, 3.05) is 24.7 Å². The summed E-state index contributed by atoms with van der Waals surface area (Å²) >= 11 is 9.24. The van der Waals surface area contributed by atoms with Gasteiger partial charge in [-0.25, -0.2) is 0 Å². The second kappa shape index (κ2) is 9.93. The maximum Gasteiger partial charge on any atom is 0.318 e. The lowest BCUT2D eigenvalue weighted by Gasteiger charge is -2.12.